The lowest BCUT2D eigenvalue weighted by atomic mass is 10.3. The molecule has 6 nitrogen and oxygen atoms in total. The van der Waals surface area contributed by atoms with Crippen LogP contribution in [0.15, 0.2) is 54.9 Å². The fourth-order valence-electron chi connectivity index (χ4n) is 2.32. The Balaban J connectivity index is 1.62. The van der Waals surface area contributed by atoms with Crippen molar-refractivity contribution < 1.29 is 0 Å². The van der Waals surface area contributed by atoms with Crippen molar-refractivity contribution in [3.63, 3.8) is 0 Å². The summed E-state index contributed by atoms with van der Waals surface area (Å²) in [5.41, 5.74) is 8.34. The van der Waals surface area contributed by atoms with E-state index in [1.807, 2.05) is 36.4 Å². The summed E-state index contributed by atoms with van der Waals surface area (Å²) in [4.78, 5) is 12.9. The molecule has 0 spiro atoms. The van der Waals surface area contributed by atoms with E-state index in [4.69, 9.17) is 17.3 Å². The molecule has 0 radical (unpaired) electrons. The van der Waals surface area contributed by atoms with E-state index >= 15 is 0 Å². The number of nitrogens with one attached hydrogen (secondary N) is 2. The molecule has 2 heterocycles. The number of fused-ring (bicyclic) bond motifs is 1. The molecule has 2 aromatic carbocycles. The molecule has 8 heteroatoms. The number of nitrogen functional groups attached to an aromatic ring is 1. The average Bonchev–Trinajstić information content (AvgIpc) is 3.01. The fourth-order valence-corrected chi connectivity index (χ4v) is 3.38. The Morgan fingerprint density at radius 1 is 0.960 bits per heavy atom. The first-order valence-electron chi connectivity index (χ1n) is 7.45. The SMILES string of the molecule is Nc1c(Nc2cccc(Cl)c2)ncnc1Nc1nc2ccccc2s1. The smallest absolute Gasteiger partial charge is 0.189 e. The van der Waals surface area contributed by atoms with Gasteiger partial charge in [-0.15, -0.1) is 0 Å². The highest BCUT2D eigenvalue weighted by atomic mass is 35.5. The van der Waals surface area contributed by atoms with Crippen molar-refractivity contribution in [2.24, 2.45) is 0 Å². The van der Waals surface area contributed by atoms with Gasteiger partial charge in [-0.05, 0) is 30.3 Å². The summed E-state index contributed by atoms with van der Waals surface area (Å²) >= 11 is 7.54. The third kappa shape index (κ3) is 3.33. The second kappa shape index (κ2) is 6.54. The van der Waals surface area contributed by atoms with Crippen molar-refractivity contribution in [1.82, 2.24) is 15.0 Å². The van der Waals surface area contributed by atoms with E-state index in [0.29, 0.717) is 22.3 Å². The number of aromatic nitrogens is 3. The number of anilines is 5. The van der Waals surface area contributed by atoms with Crippen LogP contribution in [-0.2, 0) is 0 Å². The first-order valence-corrected chi connectivity index (χ1v) is 8.64. The number of rotatable bonds is 4. The van der Waals surface area contributed by atoms with Gasteiger partial charge in [0.05, 0.1) is 10.2 Å². The Hall–Kier alpha value is -2.90. The minimum atomic E-state index is 0.404. The highest BCUT2D eigenvalue weighted by Crippen LogP contribution is 2.32. The molecule has 0 aliphatic rings. The largest absolute Gasteiger partial charge is 0.393 e. The van der Waals surface area contributed by atoms with Crippen LogP contribution in [0.4, 0.5) is 28.1 Å². The molecule has 0 amide bonds. The topological polar surface area (TPSA) is 88.8 Å². The third-order valence-electron chi connectivity index (χ3n) is 3.49. The Labute approximate surface area is 152 Å². The number of para-hydroxylation sites is 1. The van der Waals surface area contributed by atoms with E-state index in [2.05, 4.69) is 25.6 Å². The number of nitrogens with two attached hydrogens (primary N) is 1. The number of thiazole rings is 1. The first-order chi connectivity index (χ1) is 12.2. The van der Waals surface area contributed by atoms with E-state index < -0.39 is 0 Å². The van der Waals surface area contributed by atoms with Gasteiger partial charge in [-0.1, -0.05) is 41.1 Å². The van der Waals surface area contributed by atoms with Crippen molar-refractivity contribution in [2.75, 3.05) is 16.4 Å². The molecule has 0 saturated carbocycles. The second-order valence-electron chi connectivity index (χ2n) is 5.23. The van der Waals surface area contributed by atoms with Crippen LogP contribution in [0.5, 0.6) is 0 Å². The van der Waals surface area contributed by atoms with Gasteiger partial charge >= 0.3 is 0 Å². The maximum atomic E-state index is 6.21. The van der Waals surface area contributed by atoms with Gasteiger partial charge < -0.3 is 16.4 Å². The first kappa shape index (κ1) is 15.6. The molecule has 4 aromatic rings. The maximum Gasteiger partial charge on any atom is 0.189 e. The van der Waals surface area contributed by atoms with Gasteiger partial charge in [0.25, 0.3) is 0 Å². The zero-order valence-electron chi connectivity index (χ0n) is 12.9. The van der Waals surface area contributed by atoms with Crippen LogP contribution in [0.1, 0.15) is 0 Å². The van der Waals surface area contributed by atoms with E-state index in [1.165, 1.54) is 17.7 Å². The predicted octanol–water partition coefficient (Wildman–Crippen LogP) is 4.81. The Morgan fingerprint density at radius 3 is 2.56 bits per heavy atom. The van der Waals surface area contributed by atoms with E-state index in [0.717, 1.165) is 21.0 Å². The van der Waals surface area contributed by atoms with Crippen LogP contribution in [0, 0.1) is 0 Å². The fraction of sp³-hybridized carbons (Fsp3) is 0. The molecule has 0 saturated heterocycles. The normalized spacial score (nSPS) is 10.8. The molecule has 0 aliphatic heterocycles. The number of hydrogen-bond acceptors (Lipinski definition) is 7. The van der Waals surface area contributed by atoms with Crippen LogP contribution in [0.2, 0.25) is 5.02 Å². The lowest BCUT2D eigenvalue weighted by Gasteiger charge is -2.11. The summed E-state index contributed by atoms with van der Waals surface area (Å²) in [6.07, 6.45) is 1.44. The molecular weight excluding hydrogens is 356 g/mol. The van der Waals surface area contributed by atoms with E-state index in [9.17, 15) is 0 Å². The van der Waals surface area contributed by atoms with Crippen LogP contribution < -0.4 is 16.4 Å². The van der Waals surface area contributed by atoms with Crippen molar-refractivity contribution in [3.05, 3.63) is 59.9 Å². The number of hydrogen-bond donors (Lipinski definition) is 3. The molecule has 0 atom stereocenters. The zero-order valence-corrected chi connectivity index (χ0v) is 14.5. The minimum Gasteiger partial charge on any atom is -0.393 e. The molecule has 4 rings (SSSR count). The lowest BCUT2D eigenvalue weighted by Crippen LogP contribution is -2.05. The van der Waals surface area contributed by atoms with Crippen LogP contribution in [0.3, 0.4) is 0 Å². The van der Waals surface area contributed by atoms with Crippen LogP contribution in [0.25, 0.3) is 10.2 Å². The number of halogens is 1. The molecule has 0 bridgehead atoms. The molecule has 124 valence electrons. The molecule has 0 unspecified atom stereocenters. The van der Waals surface area contributed by atoms with Crippen molar-refractivity contribution in [1.29, 1.82) is 0 Å². The molecule has 4 N–H and O–H groups in total. The third-order valence-corrected chi connectivity index (χ3v) is 4.68. The van der Waals surface area contributed by atoms with Gasteiger partial charge in [0.15, 0.2) is 16.8 Å². The summed E-state index contributed by atoms with van der Waals surface area (Å²) in [7, 11) is 0. The highest BCUT2D eigenvalue weighted by Gasteiger charge is 2.11. The van der Waals surface area contributed by atoms with Crippen molar-refractivity contribution in [3.8, 4) is 0 Å². The van der Waals surface area contributed by atoms with Gasteiger partial charge in [-0.2, -0.15) is 0 Å². The van der Waals surface area contributed by atoms with Gasteiger partial charge in [-0.25, -0.2) is 15.0 Å². The Kier molecular flexibility index (Phi) is 4.09. The van der Waals surface area contributed by atoms with E-state index in [-0.39, 0.29) is 0 Å². The number of nitrogens with zero attached hydrogens (tertiary/aromatic N) is 3. The summed E-state index contributed by atoms with van der Waals surface area (Å²) in [6, 6.07) is 15.3. The molecular formula is C17H13ClN6S. The van der Waals surface area contributed by atoms with Gasteiger partial charge in [0, 0.05) is 10.7 Å². The second-order valence-corrected chi connectivity index (χ2v) is 6.70. The predicted molar refractivity (Wildman–Crippen MR) is 104 cm³/mol. The molecule has 2 aromatic heterocycles. The summed E-state index contributed by atoms with van der Waals surface area (Å²) in [6.45, 7) is 0. The quantitative estimate of drug-likeness (QED) is 0.479. The standard InChI is InChI=1S/C17H13ClN6S/c18-10-4-3-5-11(8-10)22-15-14(19)16(21-9-20-15)24-17-23-12-6-1-2-7-13(12)25-17/h1-9H,19H2,(H2,20,21,22,23,24). The van der Waals surface area contributed by atoms with Crippen LogP contribution in [-0.4, -0.2) is 15.0 Å². The van der Waals surface area contributed by atoms with Crippen molar-refractivity contribution >= 4 is 61.3 Å². The molecule has 0 fully saturated rings. The Morgan fingerprint density at radius 2 is 1.76 bits per heavy atom. The zero-order chi connectivity index (χ0) is 17.2. The van der Waals surface area contributed by atoms with Gasteiger partial charge in [-0.3, -0.25) is 0 Å². The highest BCUT2D eigenvalue weighted by molar-refractivity contribution is 7.22. The summed E-state index contributed by atoms with van der Waals surface area (Å²) in [5, 5.41) is 7.67. The van der Waals surface area contributed by atoms with Crippen LogP contribution >= 0.6 is 22.9 Å². The van der Waals surface area contributed by atoms with Gasteiger partial charge in [0.1, 0.15) is 12.0 Å². The minimum absolute atomic E-state index is 0.404. The summed E-state index contributed by atoms with van der Waals surface area (Å²) in [5.74, 6) is 1.000. The molecule has 25 heavy (non-hydrogen) atoms. The maximum absolute atomic E-state index is 6.21. The van der Waals surface area contributed by atoms with Crippen molar-refractivity contribution in [2.45, 2.75) is 0 Å². The monoisotopic (exact) mass is 368 g/mol. The number of benzene rings is 2. The van der Waals surface area contributed by atoms with Gasteiger partial charge in [0.2, 0.25) is 0 Å². The average molecular weight is 369 g/mol. The lowest BCUT2D eigenvalue weighted by molar-refractivity contribution is 1.17. The Bertz CT molecular complexity index is 1020. The molecule has 0 aliphatic carbocycles. The van der Waals surface area contributed by atoms with E-state index in [1.54, 1.807) is 12.1 Å². The summed E-state index contributed by atoms with van der Waals surface area (Å²) < 4.78 is 1.09.